The molecule has 9 atom stereocenters. The summed E-state index contributed by atoms with van der Waals surface area (Å²) in [6.45, 7) is 12.1. The number of carbonyl (C=O) groups is 5. The zero-order chi connectivity index (χ0) is 54.7. The van der Waals surface area contributed by atoms with Gasteiger partial charge in [0.2, 0.25) is 0 Å². The number of benzene rings is 3. The van der Waals surface area contributed by atoms with E-state index in [0.717, 1.165) is 31.2 Å². The van der Waals surface area contributed by atoms with E-state index in [1.807, 2.05) is 70.9 Å². The summed E-state index contributed by atoms with van der Waals surface area (Å²) in [4.78, 5) is 55.2. The van der Waals surface area contributed by atoms with Gasteiger partial charge < -0.3 is 62.8 Å². The van der Waals surface area contributed by atoms with E-state index in [1.165, 1.54) is 52.1 Å². The Morgan fingerprint density at radius 2 is 0.889 bits per heavy atom. The van der Waals surface area contributed by atoms with Gasteiger partial charge in [0.15, 0.2) is 0 Å². The third-order valence-electron chi connectivity index (χ3n) is 12.5. The van der Waals surface area contributed by atoms with Crippen molar-refractivity contribution in [2.24, 2.45) is 17.8 Å². The molecule has 0 spiro atoms. The van der Waals surface area contributed by atoms with E-state index in [9.17, 15) is 19.2 Å². The summed E-state index contributed by atoms with van der Waals surface area (Å²) in [6, 6.07) is 31.5. The molecule has 0 aliphatic carbocycles. The van der Waals surface area contributed by atoms with Crippen LogP contribution in [0.2, 0.25) is 0 Å². The third-order valence-corrected chi connectivity index (χ3v) is 13.1. The molecule has 7 rings (SSSR count). The summed E-state index contributed by atoms with van der Waals surface area (Å²) >= 11 is 5.07. The zero-order valence-electron chi connectivity index (χ0n) is 46.8. The molecule has 3 fully saturated rings. The average molecular weight is 1440 g/mol. The average Bonchev–Trinajstić information content (AvgIpc) is 3.46. The molecule has 26 heteroatoms. The molecule has 0 bridgehead atoms. The van der Waals surface area contributed by atoms with Crippen molar-refractivity contribution in [2.45, 2.75) is 97.1 Å². The van der Waals surface area contributed by atoms with Crippen molar-refractivity contribution in [1.82, 2.24) is 20.3 Å². The Kier molecular flexibility index (Phi) is 60.2. The van der Waals surface area contributed by atoms with Crippen LogP contribution in [0.1, 0.15) is 98.5 Å². The Balaban J connectivity index is -0.000000143. The second kappa shape index (κ2) is 54.3. The van der Waals surface area contributed by atoms with Gasteiger partial charge in [0.25, 0.3) is 0 Å². The number of halogens is 3. The van der Waals surface area contributed by atoms with Crippen LogP contribution in [-0.2, 0) is 61.9 Å². The highest BCUT2D eigenvalue weighted by molar-refractivity contribution is 9.08. The number of nitrogens with one attached hydrogen (secondary N) is 4. The van der Waals surface area contributed by atoms with Crippen LogP contribution in [0.5, 0.6) is 0 Å². The van der Waals surface area contributed by atoms with Crippen molar-refractivity contribution in [3.63, 3.8) is 0 Å². The Morgan fingerprint density at radius 3 is 1.21 bits per heavy atom. The normalized spacial score (nSPS) is 20.2. The van der Waals surface area contributed by atoms with Gasteiger partial charge in [0.05, 0.1) is 101 Å². The number of carbonyl (C=O) groups excluding carboxylic acids is 5. The molecule has 3 saturated heterocycles. The first kappa shape index (κ1) is 89.8. The molecule has 0 aromatic heterocycles. The molecular weight excluding hydrogens is 1340 g/mol. The number of rotatable bonds is 14. The monoisotopic (exact) mass is 1430 g/mol. The lowest BCUT2D eigenvalue weighted by atomic mass is 9.94. The van der Waals surface area contributed by atoms with Gasteiger partial charge in [-0.1, -0.05) is 98.4 Å². The Labute approximate surface area is 547 Å². The summed E-state index contributed by atoms with van der Waals surface area (Å²) in [5.74, 6) is -1.55. The highest BCUT2D eigenvalue weighted by Gasteiger charge is 2.35. The summed E-state index contributed by atoms with van der Waals surface area (Å²) in [5.41, 5.74) is 5.15. The Hall–Kier alpha value is -2.38. The molecular formula is C55H97Br3N4O14S5. The lowest BCUT2D eigenvalue weighted by Gasteiger charge is -2.32. The first-order valence-corrected chi connectivity index (χ1v) is 26.1. The smallest absolute Gasteiger partial charge is 0.337 e. The maximum absolute atomic E-state index is 11.8. The van der Waals surface area contributed by atoms with Crippen LogP contribution in [0.4, 0.5) is 0 Å². The number of hydrogen-bond donors (Lipinski definition) is 5. The summed E-state index contributed by atoms with van der Waals surface area (Å²) in [5, 5.41) is 10.4. The Bertz CT molecular complexity index is 2030. The summed E-state index contributed by atoms with van der Waals surface area (Å²) in [7, 11) is 5.63. The molecule has 0 radical (unpaired) electrons. The highest BCUT2D eigenvalue weighted by Crippen LogP contribution is 2.24. The van der Waals surface area contributed by atoms with Crippen molar-refractivity contribution in [2.75, 3.05) is 81.3 Å². The predicted molar refractivity (Wildman–Crippen MR) is 361 cm³/mol. The first-order valence-electron chi connectivity index (χ1n) is 24.6. The van der Waals surface area contributed by atoms with Crippen LogP contribution in [0.15, 0.2) is 102 Å². The minimum Gasteiger partial charge on any atom is -0.469 e. The van der Waals surface area contributed by atoms with E-state index in [-0.39, 0.29) is 173 Å². The van der Waals surface area contributed by atoms with Crippen LogP contribution < -0.4 is 20.3 Å². The quantitative estimate of drug-likeness (QED) is 0.0438. The fourth-order valence-electron chi connectivity index (χ4n) is 8.35. The number of methoxy groups -OCH3 is 4. The number of esters is 4. The molecule has 4 heterocycles. The highest BCUT2D eigenvalue weighted by atomic mass is 79.9. The van der Waals surface area contributed by atoms with Gasteiger partial charge in [0, 0.05) is 87.2 Å². The maximum atomic E-state index is 11.8. The fourth-order valence-corrected chi connectivity index (χ4v) is 8.90. The molecule has 81 heavy (non-hydrogen) atoms. The minimum absolute atomic E-state index is 0. The van der Waals surface area contributed by atoms with Crippen LogP contribution in [0, 0.1) is 17.8 Å². The lowest BCUT2D eigenvalue weighted by molar-refractivity contribution is -0.152. The van der Waals surface area contributed by atoms with E-state index in [2.05, 4.69) is 98.3 Å². The standard InChI is InChI=1S/2C15H21NO3.C15H19NO3.C7H12BrNO3.C2H4O.CH4.BrHO.BrH.5H2S.2H2/c3*1-11(12-6-4-3-5-7-12)16-14-8-9-19-10-13(14)15(17)18-2;1-11-7(10)5-4-12-3-2-6(5)9-8;1-2-3;;1-2;;;;;;;;/h2*3-7,11,13-14,16H,8-10H2,1-2H3;3-7,11,16H,8-10H2,1-2H3;5-6,9H,2-4H2,1H3;2H,1H3;1H4;2H;1H;5*1H2;2*1H/t11-,13+,14-;11-,13-,14?;11-;5-,6+;;;;;;;;;;;/m0101.........../s1. The van der Waals surface area contributed by atoms with E-state index < -0.39 is 0 Å². The molecule has 4 aliphatic heterocycles. The van der Waals surface area contributed by atoms with E-state index >= 15 is 0 Å². The minimum atomic E-state index is -0.317. The zero-order valence-corrected chi connectivity index (χ0v) is 56.7. The van der Waals surface area contributed by atoms with Gasteiger partial charge >= 0.3 is 23.9 Å². The number of ether oxygens (including phenoxy) is 8. The second-order valence-corrected chi connectivity index (χ2v) is 17.7. The van der Waals surface area contributed by atoms with Crippen molar-refractivity contribution >= 4 is 147 Å². The van der Waals surface area contributed by atoms with Crippen molar-refractivity contribution < 1.29 is 68.9 Å². The molecule has 3 aromatic rings. The molecule has 0 amide bonds. The molecule has 5 N–H and O–H groups in total. The van der Waals surface area contributed by atoms with Crippen LogP contribution in [0.3, 0.4) is 0 Å². The van der Waals surface area contributed by atoms with Crippen molar-refractivity contribution in [3.05, 3.63) is 119 Å². The van der Waals surface area contributed by atoms with E-state index in [0.29, 0.717) is 64.8 Å². The molecule has 18 nitrogen and oxygen atoms in total. The van der Waals surface area contributed by atoms with Gasteiger partial charge in [-0.2, -0.15) is 67.5 Å². The van der Waals surface area contributed by atoms with E-state index in [4.69, 9.17) is 42.2 Å². The summed E-state index contributed by atoms with van der Waals surface area (Å²) in [6.07, 6.45) is 3.94. The Morgan fingerprint density at radius 1 is 0.568 bits per heavy atom. The first-order chi connectivity index (χ1) is 35.9. The molecule has 1 unspecified atom stereocenters. The van der Waals surface area contributed by atoms with Crippen LogP contribution >= 0.6 is 117 Å². The van der Waals surface area contributed by atoms with Crippen LogP contribution in [-0.4, -0.2) is 134 Å². The fraction of sp³-hybridized carbons (Fsp3) is 0.545. The van der Waals surface area contributed by atoms with Gasteiger partial charge in [-0.25, -0.2) is 4.79 Å². The van der Waals surface area contributed by atoms with Crippen molar-refractivity contribution in [1.29, 1.82) is 0 Å². The molecule has 472 valence electrons. The number of aldehydes is 1. The molecule has 0 saturated carbocycles. The molecule has 3 aromatic carbocycles. The topological polar surface area (TPSA) is 228 Å². The molecule has 4 aliphatic rings. The van der Waals surface area contributed by atoms with Crippen LogP contribution in [0.25, 0.3) is 0 Å². The van der Waals surface area contributed by atoms with Gasteiger partial charge in [0.1, 0.15) is 6.29 Å². The van der Waals surface area contributed by atoms with Gasteiger partial charge in [-0.3, -0.25) is 18.7 Å². The SMILES string of the molecule is Br.C.CC=O.COC(=O)C1=C(N[C@@H](C)c2ccccc2)CCOC1.COC(=O)[C@@H]1COCCC1N[C@H](C)c1ccccc1.COC(=O)[C@@H]1COCC[C@@H]1NBr.COC(=O)[C@@H]1COCC[C@@H]1N[C@@H](C)c1ccccc1.OBr.S.S.S.S.S.[HH].[HH]. The predicted octanol–water partition coefficient (Wildman–Crippen LogP) is 9.24. The van der Waals surface area contributed by atoms with Gasteiger partial charge in [-0.15, -0.1) is 17.0 Å². The van der Waals surface area contributed by atoms with Gasteiger partial charge in [-0.05, 0) is 63.6 Å². The maximum Gasteiger partial charge on any atom is 0.337 e. The number of hydrogen-bond acceptors (Lipinski definition) is 18. The third kappa shape index (κ3) is 33.2. The second-order valence-electron chi connectivity index (χ2n) is 17.3. The lowest BCUT2D eigenvalue weighted by Crippen LogP contribution is -2.47. The largest absolute Gasteiger partial charge is 0.469 e. The summed E-state index contributed by atoms with van der Waals surface area (Å²) < 4.78 is 50.1. The van der Waals surface area contributed by atoms with E-state index in [1.54, 1.807) is 0 Å². The van der Waals surface area contributed by atoms with Crippen molar-refractivity contribution in [3.8, 4) is 0 Å².